The number of hydrogen-bond acceptors (Lipinski definition) is 2. The van der Waals surface area contributed by atoms with E-state index in [1.165, 1.54) is 11.0 Å². The SMILES string of the molecule is CNc1ccc(C(=O)N(C)C)cc1F. The fraction of sp³-hybridized carbons (Fsp3) is 0.300. The number of nitrogens with one attached hydrogen (secondary N) is 1. The van der Waals surface area contributed by atoms with Crippen molar-refractivity contribution in [1.82, 2.24) is 4.90 Å². The number of hydrogen-bond donors (Lipinski definition) is 1. The molecule has 14 heavy (non-hydrogen) atoms. The molecule has 0 fully saturated rings. The highest BCUT2D eigenvalue weighted by molar-refractivity contribution is 5.94. The molecule has 0 bridgehead atoms. The molecule has 1 rings (SSSR count). The monoisotopic (exact) mass is 196 g/mol. The lowest BCUT2D eigenvalue weighted by Crippen LogP contribution is -2.21. The third-order valence-electron chi connectivity index (χ3n) is 1.89. The second kappa shape index (κ2) is 4.09. The molecule has 0 saturated carbocycles. The Hall–Kier alpha value is -1.58. The van der Waals surface area contributed by atoms with Gasteiger partial charge in [0.15, 0.2) is 0 Å². The number of amides is 1. The van der Waals surface area contributed by atoms with Gasteiger partial charge in [0.2, 0.25) is 0 Å². The van der Waals surface area contributed by atoms with E-state index in [0.29, 0.717) is 11.3 Å². The minimum Gasteiger partial charge on any atom is -0.386 e. The summed E-state index contributed by atoms with van der Waals surface area (Å²) >= 11 is 0. The Bertz CT molecular complexity index is 350. The molecule has 4 heteroatoms. The fourth-order valence-electron chi connectivity index (χ4n) is 1.11. The van der Waals surface area contributed by atoms with E-state index in [1.807, 2.05) is 0 Å². The molecular formula is C10H13FN2O. The summed E-state index contributed by atoms with van der Waals surface area (Å²) in [4.78, 5) is 12.8. The van der Waals surface area contributed by atoms with Crippen molar-refractivity contribution in [2.75, 3.05) is 26.5 Å². The van der Waals surface area contributed by atoms with Gasteiger partial charge in [-0.2, -0.15) is 0 Å². The topological polar surface area (TPSA) is 32.3 Å². The van der Waals surface area contributed by atoms with Crippen LogP contribution in [0.4, 0.5) is 10.1 Å². The van der Waals surface area contributed by atoms with Crippen LogP contribution >= 0.6 is 0 Å². The third kappa shape index (κ3) is 2.02. The lowest BCUT2D eigenvalue weighted by Gasteiger charge is -2.11. The van der Waals surface area contributed by atoms with Crippen molar-refractivity contribution < 1.29 is 9.18 Å². The van der Waals surface area contributed by atoms with Crippen LogP contribution in [0.2, 0.25) is 0 Å². The maximum absolute atomic E-state index is 13.2. The van der Waals surface area contributed by atoms with E-state index in [-0.39, 0.29) is 5.91 Å². The van der Waals surface area contributed by atoms with Crippen molar-refractivity contribution in [3.8, 4) is 0 Å². The average molecular weight is 196 g/mol. The van der Waals surface area contributed by atoms with Crippen LogP contribution in [0.25, 0.3) is 0 Å². The van der Waals surface area contributed by atoms with Crippen LogP contribution in [0.5, 0.6) is 0 Å². The molecule has 1 aromatic carbocycles. The summed E-state index contributed by atoms with van der Waals surface area (Å²) in [6.07, 6.45) is 0. The number of carbonyl (C=O) groups excluding carboxylic acids is 1. The van der Waals surface area contributed by atoms with Crippen molar-refractivity contribution in [2.24, 2.45) is 0 Å². The summed E-state index contributed by atoms with van der Waals surface area (Å²) in [5.41, 5.74) is 0.742. The van der Waals surface area contributed by atoms with Crippen molar-refractivity contribution in [3.63, 3.8) is 0 Å². The predicted octanol–water partition coefficient (Wildman–Crippen LogP) is 1.57. The number of anilines is 1. The molecular weight excluding hydrogens is 183 g/mol. The van der Waals surface area contributed by atoms with E-state index in [1.54, 1.807) is 33.3 Å². The molecule has 3 nitrogen and oxygen atoms in total. The maximum atomic E-state index is 13.2. The number of benzene rings is 1. The van der Waals surface area contributed by atoms with Gasteiger partial charge < -0.3 is 10.2 Å². The van der Waals surface area contributed by atoms with Gasteiger partial charge in [0.05, 0.1) is 5.69 Å². The summed E-state index contributed by atoms with van der Waals surface area (Å²) in [5, 5.41) is 2.69. The minimum absolute atomic E-state index is 0.202. The molecule has 0 aliphatic carbocycles. The second-order valence-corrected chi connectivity index (χ2v) is 3.14. The largest absolute Gasteiger partial charge is 0.386 e. The Morgan fingerprint density at radius 1 is 1.43 bits per heavy atom. The van der Waals surface area contributed by atoms with Crippen molar-refractivity contribution in [3.05, 3.63) is 29.6 Å². The van der Waals surface area contributed by atoms with Crippen LogP contribution in [0.15, 0.2) is 18.2 Å². The van der Waals surface area contributed by atoms with Gasteiger partial charge in [-0.15, -0.1) is 0 Å². The zero-order valence-electron chi connectivity index (χ0n) is 8.47. The quantitative estimate of drug-likeness (QED) is 0.778. The molecule has 1 aromatic rings. The number of halogens is 1. The van der Waals surface area contributed by atoms with Crippen LogP contribution in [-0.4, -0.2) is 32.0 Å². The van der Waals surface area contributed by atoms with Gasteiger partial charge in [-0.1, -0.05) is 0 Å². The van der Waals surface area contributed by atoms with Crippen LogP contribution in [0.3, 0.4) is 0 Å². The van der Waals surface area contributed by atoms with Gasteiger partial charge in [0.1, 0.15) is 5.82 Å². The summed E-state index contributed by atoms with van der Waals surface area (Å²) in [6, 6.07) is 4.37. The third-order valence-corrected chi connectivity index (χ3v) is 1.89. The van der Waals surface area contributed by atoms with Crippen molar-refractivity contribution in [1.29, 1.82) is 0 Å². The minimum atomic E-state index is -0.416. The first kappa shape index (κ1) is 10.5. The zero-order chi connectivity index (χ0) is 10.7. The Morgan fingerprint density at radius 3 is 2.50 bits per heavy atom. The van der Waals surface area contributed by atoms with Gasteiger partial charge in [0, 0.05) is 26.7 Å². The first-order valence-electron chi connectivity index (χ1n) is 4.25. The first-order chi connectivity index (χ1) is 6.56. The van der Waals surface area contributed by atoms with Gasteiger partial charge in [0.25, 0.3) is 5.91 Å². The fourth-order valence-corrected chi connectivity index (χ4v) is 1.11. The molecule has 0 heterocycles. The molecule has 0 spiro atoms. The average Bonchev–Trinajstić information content (AvgIpc) is 2.16. The normalized spacial score (nSPS) is 9.71. The molecule has 0 saturated heterocycles. The highest BCUT2D eigenvalue weighted by Gasteiger charge is 2.10. The molecule has 0 aromatic heterocycles. The smallest absolute Gasteiger partial charge is 0.253 e. The van der Waals surface area contributed by atoms with Gasteiger partial charge in [-0.05, 0) is 18.2 Å². The standard InChI is InChI=1S/C10H13FN2O/c1-12-9-5-4-7(6-8(9)11)10(14)13(2)3/h4-6,12H,1-3H3. The van der Waals surface area contributed by atoms with Gasteiger partial charge in [-0.3, -0.25) is 4.79 Å². The molecule has 1 N–H and O–H groups in total. The van der Waals surface area contributed by atoms with E-state index < -0.39 is 5.82 Å². The Morgan fingerprint density at radius 2 is 2.07 bits per heavy atom. The first-order valence-corrected chi connectivity index (χ1v) is 4.25. The zero-order valence-corrected chi connectivity index (χ0v) is 8.47. The highest BCUT2D eigenvalue weighted by atomic mass is 19.1. The summed E-state index contributed by atoms with van der Waals surface area (Å²) in [7, 11) is 4.89. The molecule has 76 valence electrons. The van der Waals surface area contributed by atoms with E-state index in [4.69, 9.17) is 0 Å². The maximum Gasteiger partial charge on any atom is 0.253 e. The van der Waals surface area contributed by atoms with E-state index in [0.717, 1.165) is 0 Å². The molecule has 1 amide bonds. The Labute approximate surface area is 82.5 Å². The van der Waals surface area contributed by atoms with Crippen molar-refractivity contribution in [2.45, 2.75) is 0 Å². The summed E-state index contributed by atoms with van der Waals surface area (Å²) in [5.74, 6) is -0.619. The molecule has 0 aliphatic rings. The summed E-state index contributed by atoms with van der Waals surface area (Å²) in [6.45, 7) is 0. The van der Waals surface area contributed by atoms with Crippen molar-refractivity contribution >= 4 is 11.6 Å². The lowest BCUT2D eigenvalue weighted by molar-refractivity contribution is 0.0827. The summed E-state index contributed by atoms with van der Waals surface area (Å²) < 4.78 is 13.2. The molecule has 0 atom stereocenters. The van der Waals surface area contributed by atoms with Crippen LogP contribution in [0.1, 0.15) is 10.4 Å². The predicted molar refractivity (Wildman–Crippen MR) is 54.0 cm³/mol. The van der Waals surface area contributed by atoms with E-state index >= 15 is 0 Å². The van der Waals surface area contributed by atoms with E-state index in [9.17, 15) is 9.18 Å². The van der Waals surface area contributed by atoms with Gasteiger partial charge in [-0.25, -0.2) is 4.39 Å². The number of nitrogens with zero attached hydrogens (tertiary/aromatic N) is 1. The van der Waals surface area contributed by atoms with E-state index in [2.05, 4.69) is 5.32 Å². The van der Waals surface area contributed by atoms with Crippen LogP contribution < -0.4 is 5.32 Å². The lowest BCUT2D eigenvalue weighted by atomic mass is 10.2. The number of carbonyl (C=O) groups is 1. The Balaban J connectivity index is 3.03. The molecule has 0 aliphatic heterocycles. The second-order valence-electron chi connectivity index (χ2n) is 3.14. The molecule has 0 radical (unpaired) electrons. The van der Waals surface area contributed by atoms with Crippen LogP contribution in [0, 0.1) is 5.82 Å². The highest BCUT2D eigenvalue weighted by Crippen LogP contribution is 2.15. The van der Waals surface area contributed by atoms with Crippen LogP contribution in [-0.2, 0) is 0 Å². The number of rotatable bonds is 2. The molecule has 0 unspecified atom stereocenters. The van der Waals surface area contributed by atoms with Gasteiger partial charge >= 0.3 is 0 Å². The Kier molecular flexibility index (Phi) is 3.06.